The van der Waals surface area contributed by atoms with Gasteiger partial charge in [-0.1, -0.05) is 54.6 Å². The van der Waals surface area contributed by atoms with Gasteiger partial charge in [0.05, 0.1) is 17.4 Å². The van der Waals surface area contributed by atoms with Gasteiger partial charge in [0.2, 0.25) is 5.91 Å². The van der Waals surface area contributed by atoms with Crippen LogP contribution < -0.4 is 21.0 Å². The van der Waals surface area contributed by atoms with E-state index in [1.807, 2.05) is 54.6 Å². The average Bonchev–Trinajstić information content (AvgIpc) is 2.93. The first-order chi connectivity index (χ1) is 19.1. The maximum absolute atomic E-state index is 13.3. The van der Waals surface area contributed by atoms with E-state index in [0.717, 1.165) is 21.4 Å². The molecule has 0 unspecified atom stereocenters. The summed E-state index contributed by atoms with van der Waals surface area (Å²) >= 11 is 0. The van der Waals surface area contributed by atoms with Crippen molar-refractivity contribution >= 4 is 23.0 Å². The number of nitrogens with zero attached hydrogens (tertiary/aromatic N) is 2. The largest absolute Gasteiger partial charge is 0.507 e. The van der Waals surface area contributed by atoms with E-state index in [-0.39, 0.29) is 43.1 Å². The Morgan fingerprint density at radius 1 is 0.925 bits per heavy atom. The summed E-state index contributed by atoms with van der Waals surface area (Å²) in [6, 6.07) is 19.9. The highest BCUT2D eigenvalue weighted by molar-refractivity contribution is 5.86. The van der Waals surface area contributed by atoms with Crippen molar-refractivity contribution in [2.75, 3.05) is 0 Å². The number of carbonyl (C=O) groups is 2. The normalized spacial score (nSPS) is 11.2. The minimum atomic E-state index is -0.662. The van der Waals surface area contributed by atoms with E-state index < -0.39 is 23.2 Å². The Morgan fingerprint density at radius 3 is 2.30 bits per heavy atom. The Hall–Kier alpha value is -4.86. The van der Waals surface area contributed by atoms with E-state index in [2.05, 4.69) is 15.6 Å². The van der Waals surface area contributed by atoms with Crippen LogP contribution in [-0.4, -0.2) is 32.4 Å². The van der Waals surface area contributed by atoms with Gasteiger partial charge in [-0.05, 0) is 49.6 Å². The van der Waals surface area contributed by atoms with Crippen molar-refractivity contribution in [3.05, 3.63) is 106 Å². The van der Waals surface area contributed by atoms with Crippen LogP contribution in [0.3, 0.4) is 0 Å². The standard InChI is InChI=1S/C30H32N4O6/c1-30(2,3)40-29(38)33-18-22-12-7-11-21(15-22)17-32-25(35)16-24-26(36)23-13-8-14-31-27(23)34(28(24)37)39-19-20-9-5-4-6-10-20/h4-15,36H,16-19H2,1-3H3,(H,32,35)(H,33,38). The number of nitrogens with one attached hydrogen (secondary N) is 2. The van der Waals surface area contributed by atoms with Gasteiger partial charge in [0.1, 0.15) is 18.0 Å². The molecule has 2 amide bonds. The summed E-state index contributed by atoms with van der Waals surface area (Å²) in [5.74, 6) is -0.763. The Balaban J connectivity index is 1.44. The van der Waals surface area contributed by atoms with E-state index in [9.17, 15) is 19.5 Å². The molecular formula is C30H32N4O6. The number of aromatic hydroxyl groups is 1. The van der Waals surface area contributed by atoms with Gasteiger partial charge in [0.25, 0.3) is 5.56 Å². The van der Waals surface area contributed by atoms with Gasteiger partial charge in [-0.25, -0.2) is 9.78 Å². The zero-order valence-electron chi connectivity index (χ0n) is 22.6. The first-order valence-electron chi connectivity index (χ1n) is 12.8. The van der Waals surface area contributed by atoms with Crippen LogP contribution in [0.4, 0.5) is 4.79 Å². The Kier molecular flexibility index (Phi) is 8.68. The highest BCUT2D eigenvalue weighted by Gasteiger charge is 2.21. The number of amides is 2. The molecule has 4 aromatic rings. The van der Waals surface area contributed by atoms with Crippen molar-refractivity contribution in [1.82, 2.24) is 20.3 Å². The third-order valence-corrected chi connectivity index (χ3v) is 5.82. The fourth-order valence-corrected chi connectivity index (χ4v) is 3.98. The lowest BCUT2D eigenvalue weighted by molar-refractivity contribution is -0.120. The Bertz CT molecular complexity index is 1560. The molecule has 0 saturated heterocycles. The first-order valence-corrected chi connectivity index (χ1v) is 12.8. The molecule has 40 heavy (non-hydrogen) atoms. The van der Waals surface area contributed by atoms with Crippen LogP contribution in [-0.2, 0) is 35.6 Å². The molecule has 0 aliphatic rings. The fourth-order valence-electron chi connectivity index (χ4n) is 3.98. The first kappa shape index (κ1) is 28.2. The van der Waals surface area contributed by atoms with Crippen molar-refractivity contribution in [2.24, 2.45) is 0 Å². The Morgan fingerprint density at radius 2 is 1.60 bits per heavy atom. The molecule has 0 radical (unpaired) electrons. The summed E-state index contributed by atoms with van der Waals surface area (Å²) in [6.07, 6.45) is 0.618. The van der Waals surface area contributed by atoms with Crippen LogP contribution in [0.1, 0.15) is 43.0 Å². The molecule has 2 heterocycles. The number of fused-ring (bicyclic) bond motifs is 1. The van der Waals surface area contributed by atoms with Crippen molar-refractivity contribution in [3.8, 4) is 5.75 Å². The number of hydrogen-bond acceptors (Lipinski definition) is 7. The van der Waals surface area contributed by atoms with Crippen LogP contribution in [0, 0.1) is 0 Å². The van der Waals surface area contributed by atoms with E-state index in [0.29, 0.717) is 5.39 Å². The summed E-state index contributed by atoms with van der Waals surface area (Å²) in [5.41, 5.74) is 1.27. The van der Waals surface area contributed by atoms with Gasteiger partial charge in [-0.15, -0.1) is 4.73 Å². The molecule has 0 atom stereocenters. The lowest BCUT2D eigenvalue weighted by Gasteiger charge is -2.19. The molecular weight excluding hydrogens is 512 g/mol. The highest BCUT2D eigenvalue weighted by Crippen LogP contribution is 2.25. The topological polar surface area (TPSA) is 132 Å². The summed E-state index contributed by atoms with van der Waals surface area (Å²) in [7, 11) is 0. The number of ether oxygens (including phenoxy) is 1. The lowest BCUT2D eigenvalue weighted by Crippen LogP contribution is -2.33. The minimum absolute atomic E-state index is 0.0960. The van der Waals surface area contributed by atoms with Gasteiger partial charge in [-0.2, -0.15) is 0 Å². The quantitative estimate of drug-likeness (QED) is 0.293. The molecule has 10 heteroatoms. The van der Waals surface area contributed by atoms with Crippen molar-refractivity contribution in [2.45, 2.75) is 52.5 Å². The zero-order chi connectivity index (χ0) is 28.7. The number of alkyl carbamates (subject to hydrolysis) is 1. The molecule has 0 bridgehead atoms. The second-order valence-corrected chi connectivity index (χ2v) is 10.2. The highest BCUT2D eigenvalue weighted by atomic mass is 16.7. The zero-order valence-corrected chi connectivity index (χ0v) is 22.6. The molecule has 4 rings (SSSR count). The van der Waals surface area contributed by atoms with E-state index in [4.69, 9.17) is 9.57 Å². The molecule has 0 fully saturated rings. The second kappa shape index (κ2) is 12.3. The summed E-state index contributed by atoms with van der Waals surface area (Å²) < 4.78 is 6.27. The SMILES string of the molecule is CC(C)(C)OC(=O)NCc1cccc(CNC(=O)Cc2c(O)c3cccnc3n(OCc3ccccc3)c2=O)c1. The van der Waals surface area contributed by atoms with E-state index in [1.54, 1.807) is 32.9 Å². The van der Waals surface area contributed by atoms with Crippen LogP contribution in [0.25, 0.3) is 11.0 Å². The number of pyridine rings is 2. The third-order valence-electron chi connectivity index (χ3n) is 5.82. The van der Waals surface area contributed by atoms with Crippen molar-refractivity contribution in [1.29, 1.82) is 0 Å². The number of aromatic nitrogens is 2. The number of hydrogen-bond donors (Lipinski definition) is 3. The van der Waals surface area contributed by atoms with Gasteiger partial charge in [0, 0.05) is 19.3 Å². The van der Waals surface area contributed by atoms with Gasteiger partial charge in [-0.3, -0.25) is 9.59 Å². The van der Waals surface area contributed by atoms with Crippen LogP contribution in [0.2, 0.25) is 0 Å². The maximum Gasteiger partial charge on any atom is 0.407 e. The third kappa shape index (κ3) is 7.37. The van der Waals surface area contributed by atoms with Gasteiger partial charge < -0.3 is 25.3 Å². The maximum atomic E-state index is 13.3. The second-order valence-electron chi connectivity index (χ2n) is 10.2. The Labute approximate surface area is 231 Å². The molecule has 0 aliphatic carbocycles. The van der Waals surface area contributed by atoms with Crippen LogP contribution in [0.5, 0.6) is 5.75 Å². The number of rotatable bonds is 9. The average molecular weight is 545 g/mol. The number of benzene rings is 2. The van der Waals surface area contributed by atoms with Crippen molar-refractivity contribution < 1.29 is 24.3 Å². The fraction of sp³-hybridized carbons (Fsp3) is 0.267. The summed E-state index contributed by atoms with van der Waals surface area (Å²) in [5, 5.41) is 16.6. The predicted octanol–water partition coefficient (Wildman–Crippen LogP) is 3.61. The smallest absolute Gasteiger partial charge is 0.407 e. The van der Waals surface area contributed by atoms with E-state index in [1.165, 1.54) is 6.20 Å². The molecule has 2 aromatic carbocycles. The molecule has 3 N–H and O–H groups in total. The van der Waals surface area contributed by atoms with Crippen LogP contribution in [0.15, 0.2) is 77.7 Å². The monoisotopic (exact) mass is 544 g/mol. The summed E-state index contributed by atoms with van der Waals surface area (Å²) in [6.45, 7) is 5.92. The number of carbonyl (C=O) groups excluding carboxylic acids is 2. The predicted molar refractivity (Wildman–Crippen MR) is 149 cm³/mol. The lowest BCUT2D eigenvalue weighted by atomic mass is 10.1. The van der Waals surface area contributed by atoms with Crippen LogP contribution >= 0.6 is 0 Å². The molecule has 10 nitrogen and oxygen atoms in total. The molecule has 2 aromatic heterocycles. The van der Waals surface area contributed by atoms with Crippen molar-refractivity contribution in [3.63, 3.8) is 0 Å². The van der Waals surface area contributed by atoms with Gasteiger partial charge in [0.15, 0.2) is 5.65 Å². The van der Waals surface area contributed by atoms with Gasteiger partial charge >= 0.3 is 6.09 Å². The summed E-state index contributed by atoms with van der Waals surface area (Å²) in [4.78, 5) is 48.1. The molecule has 0 aliphatic heterocycles. The molecule has 208 valence electrons. The molecule has 0 saturated carbocycles. The minimum Gasteiger partial charge on any atom is -0.507 e. The molecule has 0 spiro atoms. The van der Waals surface area contributed by atoms with E-state index >= 15 is 0 Å².